The molecule has 2 rings (SSSR count). The van der Waals surface area contributed by atoms with Gasteiger partial charge < -0.3 is 4.90 Å². The molecule has 0 atom stereocenters. The highest BCUT2D eigenvalue weighted by molar-refractivity contribution is 5.61. The Kier molecular flexibility index (Phi) is 4.60. The van der Waals surface area contributed by atoms with E-state index in [1.165, 1.54) is 6.33 Å². The number of hydrogen-bond donors (Lipinski definition) is 0. The van der Waals surface area contributed by atoms with Crippen LogP contribution in [0, 0.1) is 0 Å². The molecule has 0 fully saturated rings. The Morgan fingerprint density at radius 2 is 1.35 bits per heavy atom. The molecule has 0 spiro atoms. The van der Waals surface area contributed by atoms with Crippen LogP contribution in [0.2, 0.25) is 0 Å². The zero-order chi connectivity index (χ0) is 14.5. The van der Waals surface area contributed by atoms with Crippen molar-refractivity contribution in [2.24, 2.45) is 0 Å². The average Bonchev–Trinajstić information content (AvgIpc) is 2.45. The number of pyridine rings is 1. The summed E-state index contributed by atoms with van der Waals surface area (Å²) in [6, 6.07) is 3.96. The predicted molar refractivity (Wildman–Crippen MR) is 79.6 cm³/mol. The molecule has 2 aromatic heterocycles. The number of nitrogens with zero attached hydrogens (tertiary/aromatic N) is 6. The first-order valence-corrected chi connectivity index (χ1v) is 6.38. The van der Waals surface area contributed by atoms with Crippen molar-refractivity contribution in [3.8, 4) is 0 Å². The molecule has 2 aromatic rings. The van der Waals surface area contributed by atoms with Gasteiger partial charge in [0.15, 0.2) is 0 Å². The molecule has 0 radical (unpaired) electrons. The van der Waals surface area contributed by atoms with Gasteiger partial charge in [0.2, 0.25) is 0 Å². The molecule has 0 aromatic carbocycles. The maximum Gasteiger partial charge on any atom is 0.143 e. The molecule has 0 bridgehead atoms. The number of aromatic nitrogens is 3. The Bertz CT molecular complexity index is 466. The summed E-state index contributed by atoms with van der Waals surface area (Å²) in [5.41, 5.74) is 1.98. The molecule has 0 aliphatic heterocycles. The van der Waals surface area contributed by atoms with Crippen molar-refractivity contribution in [1.82, 2.24) is 24.8 Å². The highest BCUT2D eigenvalue weighted by Crippen LogP contribution is 2.27. The van der Waals surface area contributed by atoms with Crippen molar-refractivity contribution < 1.29 is 0 Å². The van der Waals surface area contributed by atoms with Crippen LogP contribution in [0.4, 0.5) is 11.4 Å². The Morgan fingerprint density at radius 3 is 1.85 bits per heavy atom. The van der Waals surface area contributed by atoms with Crippen LogP contribution < -0.4 is 4.90 Å². The third-order valence-electron chi connectivity index (χ3n) is 2.92. The van der Waals surface area contributed by atoms with Crippen molar-refractivity contribution in [2.45, 2.75) is 6.29 Å². The van der Waals surface area contributed by atoms with Crippen molar-refractivity contribution >= 4 is 11.4 Å². The molecule has 0 N–H and O–H groups in total. The highest BCUT2D eigenvalue weighted by atomic mass is 15.5. The minimum absolute atomic E-state index is 0.0448. The normalized spacial score (nSPS) is 11.3. The molecular weight excluding hydrogens is 252 g/mol. The van der Waals surface area contributed by atoms with E-state index < -0.39 is 0 Å². The molecule has 20 heavy (non-hydrogen) atoms. The summed E-state index contributed by atoms with van der Waals surface area (Å²) in [5, 5.41) is 0. The van der Waals surface area contributed by atoms with Crippen LogP contribution >= 0.6 is 0 Å². The monoisotopic (exact) mass is 272 g/mol. The van der Waals surface area contributed by atoms with Crippen molar-refractivity contribution in [2.75, 3.05) is 33.1 Å². The molecule has 6 nitrogen and oxygen atoms in total. The van der Waals surface area contributed by atoms with Gasteiger partial charge in [-0.25, -0.2) is 9.97 Å². The highest BCUT2D eigenvalue weighted by Gasteiger charge is 2.25. The van der Waals surface area contributed by atoms with Gasteiger partial charge in [0.25, 0.3) is 0 Å². The molecule has 0 saturated carbocycles. The number of hydrogen-bond acceptors (Lipinski definition) is 6. The minimum Gasteiger partial charge on any atom is -0.309 e. The fourth-order valence-electron chi connectivity index (χ4n) is 2.26. The van der Waals surface area contributed by atoms with Crippen LogP contribution in [0.3, 0.4) is 0 Å². The summed E-state index contributed by atoms with van der Waals surface area (Å²) in [7, 11) is 8.18. The van der Waals surface area contributed by atoms with Crippen molar-refractivity contribution in [3.63, 3.8) is 0 Å². The van der Waals surface area contributed by atoms with Gasteiger partial charge in [0, 0.05) is 18.1 Å². The average molecular weight is 272 g/mol. The summed E-state index contributed by atoms with van der Waals surface area (Å²) < 4.78 is 0. The fourth-order valence-corrected chi connectivity index (χ4v) is 2.26. The van der Waals surface area contributed by atoms with Gasteiger partial charge in [-0.3, -0.25) is 14.8 Å². The Labute approximate surface area is 119 Å². The maximum absolute atomic E-state index is 4.13. The minimum atomic E-state index is 0.0448. The summed E-state index contributed by atoms with van der Waals surface area (Å²) in [6.07, 6.45) is 8.78. The van der Waals surface area contributed by atoms with Gasteiger partial charge in [-0.1, -0.05) is 0 Å². The first-order valence-electron chi connectivity index (χ1n) is 6.38. The van der Waals surface area contributed by atoms with Crippen LogP contribution in [0.1, 0.15) is 0 Å². The molecular formula is C14H20N6. The Hall–Kier alpha value is -2.05. The molecule has 2 heterocycles. The zero-order valence-electron chi connectivity index (χ0n) is 12.3. The lowest BCUT2D eigenvalue weighted by Gasteiger charge is -2.41. The van der Waals surface area contributed by atoms with E-state index in [9.17, 15) is 0 Å². The Balaban J connectivity index is 2.49. The number of anilines is 2. The van der Waals surface area contributed by atoms with E-state index in [0.29, 0.717) is 0 Å². The van der Waals surface area contributed by atoms with Crippen molar-refractivity contribution in [3.05, 3.63) is 43.2 Å². The van der Waals surface area contributed by atoms with Crippen LogP contribution in [0.5, 0.6) is 0 Å². The van der Waals surface area contributed by atoms with Gasteiger partial charge in [-0.05, 0) is 40.3 Å². The molecule has 0 aliphatic rings. The van der Waals surface area contributed by atoms with E-state index in [1.54, 1.807) is 12.4 Å². The predicted octanol–water partition coefficient (Wildman–Crippen LogP) is 1.42. The molecule has 0 saturated heterocycles. The van der Waals surface area contributed by atoms with E-state index in [0.717, 1.165) is 11.4 Å². The van der Waals surface area contributed by atoms with Crippen LogP contribution in [-0.2, 0) is 0 Å². The SMILES string of the molecule is CN(C)C(N(C)C)N(c1ccncc1)c1cncnc1. The van der Waals surface area contributed by atoms with E-state index in [4.69, 9.17) is 0 Å². The molecule has 6 heteroatoms. The topological polar surface area (TPSA) is 48.4 Å². The third kappa shape index (κ3) is 3.09. The molecule has 0 amide bonds. The molecule has 0 unspecified atom stereocenters. The first kappa shape index (κ1) is 14.4. The Morgan fingerprint density at radius 1 is 0.800 bits per heavy atom. The summed E-state index contributed by atoms with van der Waals surface area (Å²) in [6.45, 7) is 0. The second-order valence-electron chi connectivity index (χ2n) is 4.95. The van der Waals surface area contributed by atoms with Gasteiger partial charge in [-0.2, -0.15) is 0 Å². The van der Waals surface area contributed by atoms with Crippen molar-refractivity contribution in [1.29, 1.82) is 0 Å². The largest absolute Gasteiger partial charge is 0.309 e. The lowest BCUT2D eigenvalue weighted by molar-refractivity contribution is 0.135. The van der Waals surface area contributed by atoms with E-state index in [1.807, 2.05) is 52.7 Å². The number of rotatable bonds is 5. The third-order valence-corrected chi connectivity index (χ3v) is 2.92. The molecule has 0 aliphatic carbocycles. The van der Waals surface area contributed by atoms with E-state index in [2.05, 4.69) is 29.7 Å². The van der Waals surface area contributed by atoms with Crippen LogP contribution in [-0.4, -0.2) is 59.2 Å². The first-order chi connectivity index (χ1) is 9.61. The van der Waals surface area contributed by atoms with E-state index >= 15 is 0 Å². The smallest absolute Gasteiger partial charge is 0.143 e. The van der Waals surface area contributed by atoms with Gasteiger partial charge in [0.05, 0.1) is 18.1 Å². The van der Waals surface area contributed by atoms with Crippen LogP contribution in [0.25, 0.3) is 0 Å². The van der Waals surface area contributed by atoms with Crippen LogP contribution in [0.15, 0.2) is 43.2 Å². The summed E-state index contributed by atoms with van der Waals surface area (Å²) in [5.74, 6) is 0. The quantitative estimate of drug-likeness (QED) is 0.767. The molecule has 106 valence electrons. The lowest BCUT2D eigenvalue weighted by atomic mass is 10.3. The lowest BCUT2D eigenvalue weighted by Crippen LogP contribution is -2.51. The van der Waals surface area contributed by atoms with Gasteiger partial charge >= 0.3 is 0 Å². The standard InChI is InChI=1S/C14H20N6/c1-18(2)14(19(3)4)20(12-5-7-15-8-6-12)13-9-16-11-17-10-13/h5-11,14H,1-4H3. The van der Waals surface area contributed by atoms with E-state index in [-0.39, 0.29) is 6.29 Å². The summed E-state index contributed by atoms with van der Waals surface area (Å²) in [4.78, 5) is 18.8. The summed E-state index contributed by atoms with van der Waals surface area (Å²) >= 11 is 0. The fraction of sp³-hybridized carbons (Fsp3) is 0.357. The second kappa shape index (κ2) is 6.40. The van der Waals surface area contributed by atoms with Gasteiger partial charge in [-0.15, -0.1) is 0 Å². The second-order valence-corrected chi connectivity index (χ2v) is 4.95. The maximum atomic E-state index is 4.13. The van der Waals surface area contributed by atoms with Gasteiger partial charge in [0.1, 0.15) is 12.6 Å². The zero-order valence-corrected chi connectivity index (χ0v) is 12.3.